The molecule has 0 saturated heterocycles. The molecule has 2 N–H and O–H groups in total. The number of nitrogens with two attached hydrogens (primary N) is 1. The molecule has 0 saturated carbocycles. The summed E-state index contributed by atoms with van der Waals surface area (Å²) in [6.45, 7) is 4.51. The van der Waals surface area contributed by atoms with Gasteiger partial charge < -0.3 is 10.6 Å². The maximum atomic E-state index is 12.4. The van der Waals surface area contributed by atoms with Crippen molar-refractivity contribution in [3.05, 3.63) is 40.1 Å². The molecule has 0 spiro atoms. The lowest BCUT2D eigenvalue weighted by atomic mass is 10.2. The highest BCUT2D eigenvalue weighted by molar-refractivity contribution is 7.07. The Morgan fingerprint density at radius 2 is 2.25 bits per heavy atom. The number of hydrogen-bond acceptors (Lipinski definition) is 5. The zero-order chi connectivity index (χ0) is 14.7. The Balaban J connectivity index is 2.21. The van der Waals surface area contributed by atoms with Crippen LogP contribution in [0.1, 0.15) is 41.6 Å². The summed E-state index contributed by atoms with van der Waals surface area (Å²) in [6, 6.07) is 2.00. The maximum absolute atomic E-state index is 12.4. The summed E-state index contributed by atoms with van der Waals surface area (Å²) in [4.78, 5) is 22.5. The fraction of sp³-hybridized carbons (Fsp3) is 0.357. The van der Waals surface area contributed by atoms with Gasteiger partial charge in [-0.1, -0.05) is 13.8 Å². The van der Waals surface area contributed by atoms with Gasteiger partial charge in [0.1, 0.15) is 5.82 Å². The first-order valence-corrected chi connectivity index (χ1v) is 7.32. The van der Waals surface area contributed by atoms with Gasteiger partial charge in [-0.15, -0.1) is 0 Å². The molecular formula is C14H18N4OS. The topological polar surface area (TPSA) is 72.1 Å². The number of anilines is 1. The number of carbonyl (C=O) groups is 1. The molecule has 20 heavy (non-hydrogen) atoms. The molecule has 2 rings (SSSR count). The number of hydrogen-bond donors (Lipinski definition) is 1. The number of thiophene rings is 1. The van der Waals surface area contributed by atoms with E-state index in [1.165, 1.54) is 6.20 Å². The van der Waals surface area contributed by atoms with Crippen LogP contribution in [0.5, 0.6) is 0 Å². The van der Waals surface area contributed by atoms with E-state index in [0.717, 1.165) is 5.56 Å². The van der Waals surface area contributed by atoms with Crippen LogP contribution >= 0.6 is 11.3 Å². The van der Waals surface area contributed by atoms with Gasteiger partial charge >= 0.3 is 0 Å². The molecule has 106 valence electrons. The lowest BCUT2D eigenvalue weighted by molar-refractivity contribution is 0.0780. The molecule has 0 aliphatic carbocycles. The maximum Gasteiger partial charge on any atom is 0.274 e. The highest BCUT2D eigenvalue weighted by atomic mass is 32.1. The first-order chi connectivity index (χ1) is 9.49. The second kappa shape index (κ2) is 6.00. The third-order valence-corrected chi connectivity index (χ3v) is 3.63. The van der Waals surface area contributed by atoms with Crippen molar-refractivity contribution in [3.63, 3.8) is 0 Å². The lowest BCUT2D eigenvalue weighted by Gasteiger charge is -2.17. The molecule has 0 aromatic carbocycles. The Morgan fingerprint density at radius 1 is 1.50 bits per heavy atom. The molecule has 6 heteroatoms. The van der Waals surface area contributed by atoms with Gasteiger partial charge in [-0.25, -0.2) is 9.97 Å². The number of amides is 1. The van der Waals surface area contributed by atoms with Crippen molar-refractivity contribution in [2.45, 2.75) is 26.3 Å². The van der Waals surface area contributed by atoms with Gasteiger partial charge in [-0.3, -0.25) is 4.79 Å². The zero-order valence-electron chi connectivity index (χ0n) is 11.8. The molecule has 0 bridgehead atoms. The van der Waals surface area contributed by atoms with Crippen LogP contribution in [0.3, 0.4) is 0 Å². The molecule has 0 unspecified atom stereocenters. The first-order valence-electron chi connectivity index (χ1n) is 6.38. The Bertz CT molecular complexity index is 595. The summed E-state index contributed by atoms with van der Waals surface area (Å²) in [5, 5.41) is 4.01. The lowest BCUT2D eigenvalue weighted by Crippen LogP contribution is -2.28. The number of rotatable bonds is 4. The van der Waals surface area contributed by atoms with Crippen LogP contribution in [-0.2, 0) is 6.54 Å². The van der Waals surface area contributed by atoms with Gasteiger partial charge in [0.15, 0.2) is 5.69 Å². The monoisotopic (exact) mass is 290 g/mol. The van der Waals surface area contributed by atoms with E-state index in [9.17, 15) is 4.79 Å². The first kappa shape index (κ1) is 14.5. The normalized spacial score (nSPS) is 10.8. The fourth-order valence-corrected chi connectivity index (χ4v) is 2.42. The van der Waals surface area contributed by atoms with Crippen LogP contribution in [0.2, 0.25) is 0 Å². The summed E-state index contributed by atoms with van der Waals surface area (Å²) in [5.74, 6) is 0.605. The van der Waals surface area contributed by atoms with Crippen molar-refractivity contribution in [1.82, 2.24) is 14.9 Å². The van der Waals surface area contributed by atoms with Crippen LogP contribution in [0, 0.1) is 0 Å². The van der Waals surface area contributed by atoms with E-state index < -0.39 is 0 Å². The molecule has 0 radical (unpaired) electrons. The third-order valence-electron chi connectivity index (χ3n) is 2.90. The molecule has 0 fully saturated rings. The van der Waals surface area contributed by atoms with Crippen molar-refractivity contribution in [3.8, 4) is 0 Å². The van der Waals surface area contributed by atoms with Crippen molar-refractivity contribution >= 4 is 22.9 Å². The fourth-order valence-electron chi connectivity index (χ4n) is 1.76. The van der Waals surface area contributed by atoms with E-state index in [-0.39, 0.29) is 17.5 Å². The van der Waals surface area contributed by atoms with Crippen molar-refractivity contribution in [2.24, 2.45) is 0 Å². The van der Waals surface area contributed by atoms with Crippen LogP contribution in [-0.4, -0.2) is 27.8 Å². The molecule has 5 nitrogen and oxygen atoms in total. The van der Waals surface area contributed by atoms with E-state index in [1.807, 2.05) is 30.7 Å². The summed E-state index contributed by atoms with van der Waals surface area (Å²) in [6.07, 6.45) is 1.51. The van der Waals surface area contributed by atoms with Gasteiger partial charge in [0.25, 0.3) is 5.91 Å². The van der Waals surface area contributed by atoms with Crippen molar-refractivity contribution < 1.29 is 4.79 Å². The largest absolute Gasteiger partial charge is 0.396 e. The molecule has 2 aromatic rings. The number of nitrogens with zero attached hydrogens (tertiary/aromatic N) is 3. The number of aromatic nitrogens is 2. The Labute approximate surface area is 122 Å². The zero-order valence-corrected chi connectivity index (χ0v) is 12.6. The van der Waals surface area contributed by atoms with Gasteiger partial charge in [0.05, 0.1) is 11.9 Å². The van der Waals surface area contributed by atoms with E-state index >= 15 is 0 Å². The minimum atomic E-state index is -0.182. The van der Waals surface area contributed by atoms with Crippen LogP contribution in [0.25, 0.3) is 0 Å². The quantitative estimate of drug-likeness (QED) is 0.939. The predicted octanol–water partition coefficient (Wildman–Crippen LogP) is 2.52. The van der Waals surface area contributed by atoms with Crippen LogP contribution < -0.4 is 5.73 Å². The molecule has 0 aliphatic rings. The second-order valence-electron chi connectivity index (χ2n) is 4.98. The van der Waals surface area contributed by atoms with Gasteiger partial charge in [0, 0.05) is 19.5 Å². The highest BCUT2D eigenvalue weighted by Crippen LogP contribution is 2.16. The summed E-state index contributed by atoms with van der Waals surface area (Å²) >= 11 is 1.61. The SMILES string of the molecule is CC(C)c1ncc(N)c(C(=O)N(C)Cc2ccsc2)n1. The van der Waals surface area contributed by atoms with Gasteiger partial charge in [-0.2, -0.15) is 11.3 Å². The molecule has 2 heterocycles. The van der Waals surface area contributed by atoms with Crippen LogP contribution in [0.15, 0.2) is 23.0 Å². The van der Waals surface area contributed by atoms with E-state index in [2.05, 4.69) is 9.97 Å². The van der Waals surface area contributed by atoms with Gasteiger partial charge in [-0.05, 0) is 22.4 Å². The van der Waals surface area contributed by atoms with Crippen LogP contribution in [0.4, 0.5) is 5.69 Å². The Hall–Kier alpha value is -1.95. The summed E-state index contributed by atoms with van der Waals surface area (Å²) in [5.41, 5.74) is 7.53. The van der Waals surface area contributed by atoms with E-state index in [0.29, 0.717) is 18.1 Å². The summed E-state index contributed by atoms with van der Waals surface area (Å²) in [7, 11) is 1.75. The van der Waals surface area contributed by atoms with Gasteiger partial charge in [0.2, 0.25) is 0 Å². The average molecular weight is 290 g/mol. The highest BCUT2D eigenvalue weighted by Gasteiger charge is 2.18. The average Bonchev–Trinajstić information content (AvgIpc) is 2.91. The van der Waals surface area contributed by atoms with E-state index in [1.54, 1.807) is 23.3 Å². The Morgan fingerprint density at radius 3 is 2.85 bits per heavy atom. The molecular weight excluding hydrogens is 272 g/mol. The summed E-state index contributed by atoms with van der Waals surface area (Å²) < 4.78 is 0. The van der Waals surface area contributed by atoms with Crippen molar-refractivity contribution in [2.75, 3.05) is 12.8 Å². The molecule has 1 amide bonds. The number of carbonyl (C=O) groups excluding carboxylic acids is 1. The Kier molecular flexibility index (Phi) is 4.34. The predicted molar refractivity (Wildman–Crippen MR) is 80.6 cm³/mol. The smallest absolute Gasteiger partial charge is 0.274 e. The van der Waals surface area contributed by atoms with Crippen molar-refractivity contribution in [1.29, 1.82) is 0 Å². The third kappa shape index (κ3) is 3.14. The molecule has 0 aliphatic heterocycles. The second-order valence-corrected chi connectivity index (χ2v) is 5.76. The minimum Gasteiger partial charge on any atom is -0.396 e. The standard InChI is InChI=1S/C14H18N4OS/c1-9(2)13-16-6-11(15)12(17-13)14(19)18(3)7-10-4-5-20-8-10/h4-6,8-9H,7,15H2,1-3H3. The minimum absolute atomic E-state index is 0.157. The molecule has 2 aromatic heterocycles. The molecule has 0 atom stereocenters. The van der Waals surface area contributed by atoms with E-state index in [4.69, 9.17) is 5.73 Å². The number of nitrogen functional groups attached to an aromatic ring is 1.